The Morgan fingerprint density at radius 2 is 1.73 bits per heavy atom. The molecule has 2 fully saturated rings. The minimum Gasteiger partial charge on any atom is -0.348 e. The molecule has 1 aliphatic carbocycles. The Morgan fingerprint density at radius 3 is 2.30 bits per heavy atom. The zero-order valence-corrected chi connectivity index (χ0v) is 19.8. The highest BCUT2D eigenvalue weighted by atomic mass is 16.1. The molecule has 1 aliphatic heterocycles. The monoisotopic (exact) mass is 414 g/mol. The molecule has 5 heteroatoms. The van der Waals surface area contributed by atoms with E-state index in [1.807, 2.05) is 6.20 Å². The molecule has 1 aromatic rings. The maximum absolute atomic E-state index is 12.3. The van der Waals surface area contributed by atoms with Crippen molar-refractivity contribution in [1.82, 2.24) is 14.9 Å². The van der Waals surface area contributed by atoms with Gasteiger partial charge in [-0.05, 0) is 64.0 Å². The summed E-state index contributed by atoms with van der Waals surface area (Å²) < 4.78 is 0. The number of carbonyl (C=O) groups excluding carboxylic acids is 1. The quantitative estimate of drug-likeness (QED) is 0.595. The van der Waals surface area contributed by atoms with Crippen LogP contribution in [0.1, 0.15) is 90.8 Å². The van der Waals surface area contributed by atoms with Crippen molar-refractivity contribution in [3.63, 3.8) is 0 Å². The molecule has 0 amide bonds. The van der Waals surface area contributed by atoms with Gasteiger partial charge in [-0.1, -0.05) is 27.7 Å². The van der Waals surface area contributed by atoms with E-state index in [-0.39, 0.29) is 5.92 Å². The second-order valence-electron chi connectivity index (χ2n) is 9.72. The van der Waals surface area contributed by atoms with E-state index >= 15 is 0 Å². The van der Waals surface area contributed by atoms with Crippen LogP contribution in [-0.2, 0) is 4.79 Å². The number of likely N-dealkylation sites (N-methyl/N-ethyl adjacent to an activating group) is 1. The SMILES string of the molecule is CCC(C)C(=O)CC1CCC(c2nccc(N3C(CC)CN(C)CC3CC)n2)CC1. The van der Waals surface area contributed by atoms with E-state index in [4.69, 9.17) is 4.98 Å². The molecule has 1 saturated carbocycles. The highest BCUT2D eigenvalue weighted by Gasteiger charge is 2.33. The predicted molar refractivity (Wildman–Crippen MR) is 124 cm³/mol. The molecule has 0 spiro atoms. The van der Waals surface area contributed by atoms with Crippen LogP contribution in [-0.4, -0.2) is 52.9 Å². The number of aromatic nitrogens is 2. The van der Waals surface area contributed by atoms with Crippen LogP contribution >= 0.6 is 0 Å². The second kappa shape index (κ2) is 10.7. The highest BCUT2D eigenvalue weighted by Crippen LogP contribution is 2.37. The molecule has 0 radical (unpaired) electrons. The molecule has 30 heavy (non-hydrogen) atoms. The molecule has 2 heterocycles. The number of nitrogens with zero attached hydrogens (tertiary/aromatic N) is 4. The van der Waals surface area contributed by atoms with E-state index < -0.39 is 0 Å². The van der Waals surface area contributed by atoms with E-state index in [0.717, 1.165) is 76.1 Å². The first-order valence-electron chi connectivity index (χ1n) is 12.3. The zero-order valence-electron chi connectivity index (χ0n) is 19.8. The van der Waals surface area contributed by atoms with Crippen molar-refractivity contribution >= 4 is 11.6 Å². The fourth-order valence-electron chi connectivity index (χ4n) is 5.34. The van der Waals surface area contributed by atoms with Crippen molar-refractivity contribution in [3.05, 3.63) is 18.1 Å². The summed E-state index contributed by atoms with van der Waals surface area (Å²) in [6.07, 6.45) is 10.4. The number of hydrogen-bond acceptors (Lipinski definition) is 5. The van der Waals surface area contributed by atoms with Gasteiger partial charge in [0.25, 0.3) is 0 Å². The van der Waals surface area contributed by atoms with Crippen molar-refractivity contribution < 1.29 is 4.79 Å². The highest BCUT2D eigenvalue weighted by molar-refractivity contribution is 5.80. The standard InChI is InChI=1S/C25H42N4O/c1-6-18(4)23(30)15-19-9-11-20(12-10-19)25-26-14-13-24(27-25)29-21(7-2)16-28(5)17-22(29)8-3/h13-14,18-22H,6-12,15-17H2,1-5H3. The van der Waals surface area contributed by atoms with Crippen molar-refractivity contribution in [2.45, 2.75) is 97.1 Å². The molecule has 3 unspecified atom stereocenters. The van der Waals surface area contributed by atoms with Gasteiger partial charge < -0.3 is 9.80 Å². The molecular weight excluding hydrogens is 372 g/mol. The van der Waals surface area contributed by atoms with Crippen LogP contribution < -0.4 is 4.90 Å². The Morgan fingerprint density at radius 1 is 1.10 bits per heavy atom. The van der Waals surface area contributed by atoms with E-state index in [1.54, 1.807) is 0 Å². The van der Waals surface area contributed by atoms with E-state index in [1.165, 1.54) is 0 Å². The lowest BCUT2D eigenvalue weighted by Gasteiger charge is -2.46. The number of ketones is 1. The van der Waals surface area contributed by atoms with E-state index in [0.29, 0.717) is 29.7 Å². The Kier molecular flexibility index (Phi) is 8.27. The number of Topliss-reactive ketones (excluding diaryl/α,β-unsaturated/α-hetero) is 1. The average molecular weight is 415 g/mol. The molecule has 0 N–H and O–H groups in total. The normalized spacial score (nSPS) is 29.0. The molecule has 2 aliphatic rings. The predicted octanol–water partition coefficient (Wildman–Crippen LogP) is 5.06. The average Bonchev–Trinajstić information content (AvgIpc) is 2.78. The topological polar surface area (TPSA) is 49.3 Å². The van der Waals surface area contributed by atoms with E-state index in [2.05, 4.69) is 55.6 Å². The van der Waals surface area contributed by atoms with Gasteiger partial charge in [-0.15, -0.1) is 0 Å². The molecule has 3 rings (SSSR count). The van der Waals surface area contributed by atoms with Crippen LogP contribution in [0.3, 0.4) is 0 Å². The smallest absolute Gasteiger partial charge is 0.135 e. The Balaban J connectivity index is 1.66. The lowest BCUT2D eigenvalue weighted by Crippen LogP contribution is -2.57. The molecule has 0 bridgehead atoms. The van der Waals surface area contributed by atoms with Gasteiger partial charge in [0.15, 0.2) is 0 Å². The minimum absolute atomic E-state index is 0.212. The Bertz CT molecular complexity index is 671. The van der Waals surface area contributed by atoms with Crippen LogP contribution in [0, 0.1) is 11.8 Å². The van der Waals surface area contributed by atoms with Crippen molar-refractivity contribution in [3.8, 4) is 0 Å². The number of rotatable bonds is 8. The third kappa shape index (κ3) is 5.40. The second-order valence-corrected chi connectivity index (χ2v) is 9.72. The summed E-state index contributed by atoms with van der Waals surface area (Å²) in [5.41, 5.74) is 0. The third-order valence-corrected chi connectivity index (χ3v) is 7.56. The number of carbonyl (C=O) groups is 1. The van der Waals surface area contributed by atoms with Crippen LogP contribution in [0.15, 0.2) is 12.3 Å². The lowest BCUT2D eigenvalue weighted by molar-refractivity contribution is -0.123. The molecule has 0 aromatic carbocycles. The first-order chi connectivity index (χ1) is 14.5. The van der Waals surface area contributed by atoms with Gasteiger partial charge >= 0.3 is 0 Å². The van der Waals surface area contributed by atoms with Gasteiger partial charge in [-0.25, -0.2) is 9.97 Å². The fraction of sp³-hybridized carbons (Fsp3) is 0.800. The van der Waals surface area contributed by atoms with Crippen LogP contribution in [0.25, 0.3) is 0 Å². The summed E-state index contributed by atoms with van der Waals surface area (Å²) >= 11 is 0. The Hall–Kier alpha value is -1.49. The van der Waals surface area contributed by atoms with Crippen LogP contribution in [0.5, 0.6) is 0 Å². The Labute approximate surface area is 183 Å². The first kappa shape index (κ1) is 23.2. The zero-order chi connectivity index (χ0) is 21.7. The lowest BCUT2D eigenvalue weighted by atomic mass is 9.78. The van der Waals surface area contributed by atoms with Crippen molar-refractivity contribution in [2.75, 3.05) is 25.0 Å². The summed E-state index contributed by atoms with van der Waals surface area (Å²) in [6.45, 7) is 10.9. The largest absolute Gasteiger partial charge is 0.348 e. The van der Waals surface area contributed by atoms with Crippen molar-refractivity contribution in [1.29, 1.82) is 0 Å². The minimum atomic E-state index is 0.212. The van der Waals surface area contributed by atoms with Crippen molar-refractivity contribution in [2.24, 2.45) is 11.8 Å². The summed E-state index contributed by atoms with van der Waals surface area (Å²) in [4.78, 5) is 27.1. The molecule has 1 aromatic heterocycles. The van der Waals surface area contributed by atoms with Gasteiger partial charge in [-0.3, -0.25) is 4.79 Å². The molecule has 168 valence electrons. The van der Waals surface area contributed by atoms with Crippen LogP contribution in [0.4, 0.5) is 5.82 Å². The van der Waals surface area contributed by atoms with Crippen LogP contribution in [0.2, 0.25) is 0 Å². The summed E-state index contributed by atoms with van der Waals surface area (Å²) in [7, 11) is 2.23. The number of anilines is 1. The molecule has 1 saturated heterocycles. The molecule has 3 atom stereocenters. The first-order valence-corrected chi connectivity index (χ1v) is 12.3. The van der Waals surface area contributed by atoms with Gasteiger partial charge in [0.1, 0.15) is 17.4 Å². The number of hydrogen-bond donors (Lipinski definition) is 0. The van der Waals surface area contributed by atoms with Gasteiger partial charge in [0.05, 0.1) is 0 Å². The maximum atomic E-state index is 12.3. The molecule has 5 nitrogen and oxygen atoms in total. The van der Waals surface area contributed by atoms with Gasteiger partial charge in [-0.2, -0.15) is 0 Å². The van der Waals surface area contributed by atoms with Gasteiger partial charge in [0.2, 0.25) is 0 Å². The summed E-state index contributed by atoms with van der Waals surface area (Å²) in [5.74, 6) is 3.78. The third-order valence-electron chi connectivity index (χ3n) is 7.56. The maximum Gasteiger partial charge on any atom is 0.135 e. The fourth-order valence-corrected chi connectivity index (χ4v) is 5.34. The summed E-state index contributed by atoms with van der Waals surface area (Å²) in [5, 5.41) is 0. The summed E-state index contributed by atoms with van der Waals surface area (Å²) in [6, 6.07) is 3.13. The van der Waals surface area contributed by atoms with Gasteiger partial charge in [0, 0.05) is 49.6 Å². The molecular formula is C25H42N4O. The van der Waals surface area contributed by atoms with E-state index in [9.17, 15) is 4.79 Å². The number of piperazine rings is 1.